The average molecular weight is 274 g/mol. The van der Waals surface area contributed by atoms with Gasteiger partial charge in [0.2, 0.25) is 5.91 Å². The minimum absolute atomic E-state index is 0.170. The molecule has 20 heavy (non-hydrogen) atoms. The number of amides is 1. The summed E-state index contributed by atoms with van der Waals surface area (Å²) in [5.41, 5.74) is 2.60. The number of nitrogens with one attached hydrogen (secondary N) is 1. The molecule has 0 bridgehead atoms. The van der Waals surface area contributed by atoms with E-state index in [1.54, 1.807) is 0 Å². The second-order valence-electron chi connectivity index (χ2n) is 5.72. The van der Waals surface area contributed by atoms with E-state index in [2.05, 4.69) is 41.4 Å². The maximum absolute atomic E-state index is 11.7. The molecule has 1 heterocycles. The summed E-state index contributed by atoms with van der Waals surface area (Å²) in [6.45, 7) is 7.15. The van der Waals surface area contributed by atoms with E-state index >= 15 is 0 Å². The van der Waals surface area contributed by atoms with E-state index in [-0.39, 0.29) is 5.91 Å². The van der Waals surface area contributed by atoms with Crippen molar-refractivity contribution in [2.24, 2.45) is 0 Å². The smallest absolute Gasteiger partial charge is 0.220 e. The van der Waals surface area contributed by atoms with E-state index in [1.807, 2.05) is 6.92 Å². The highest BCUT2D eigenvalue weighted by Crippen LogP contribution is 2.24. The molecule has 1 aromatic rings. The molecule has 1 atom stereocenters. The highest BCUT2D eigenvalue weighted by molar-refractivity contribution is 5.75. The van der Waals surface area contributed by atoms with Crippen LogP contribution in [-0.4, -0.2) is 30.4 Å². The van der Waals surface area contributed by atoms with Crippen molar-refractivity contribution in [3.05, 3.63) is 35.4 Å². The van der Waals surface area contributed by atoms with Gasteiger partial charge in [0.05, 0.1) is 6.04 Å². The Morgan fingerprint density at radius 2 is 1.90 bits per heavy atom. The Labute approximate surface area is 122 Å². The van der Waals surface area contributed by atoms with Crippen LogP contribution in [0.3, 0.4) is 0 Å². The number of carbonyl (C=O) groups is 1. The Morgan fingerprint density at radius 1 is 1.25 bits per heavy atom. The number of carbonyl (C=O) groups excluding carboxylic acids is 1. The minimum Gasteiger partial charge on any atom is -0.354 e. The molecule has 1 N–H and O–H groups in total. The van der Waals surface area contributed by atoms with E-state index < -0.39 is 0 Å². The molecule has 2 rings (SSSR count). The van der Waals surface area contributed by atoms with E-state index in [1.165, 1.54) is 24.0 Å². The third-order valence-corrected chi connectivity index (χ3v) is 4.01. The van der Waals surface area contributed by atoms with Gasteiger partial charge < -0.3 is 5.32 Å². The van der Waals surface area contributed by atoms with Crippen LogP contribution in [0.1, 0.15) is 49.8 Å². The van der Waals surface area contributed by atoms with Gasteiger partial charge >= 0.3 is 0 Å². The van der Waals surface area contributed by atoms with Crippen molar-refractivity contribution in [3.8, 4) is 0 Å². The van der Waals surface area contributed by atoms with E-state index in [0.717, 1.165) is 26.1 Å². The van der Waals surface area contributed by atoms with Crippen LogP contribution in [0.15, 0.2) is 24.3 Å². The molecule has 1 amide bonds. The monoisotopic (exact) mass is 274 g/mol. The average Bonchev–Trinajstić information content (AvgIpc) is 2.95. The molecule has 0 saturated carbocycles. The third kappa shape index (κ3) is 4.07. The number of likely N-dealkylation sites (tertiary alicyclic amines) is 1. The standard InChI is InChI=1S/C17H26N2O/c1-3-6-17(20)18-13-16(19-11-4-5-12-19)15-9-7-14(2)8-10-15/h7-10,16H,3-6,11-13H2,1-2H3,(H,18,20)/t16-/m0/s1. The van der Waals surface area contributed by atoms with Gasteiger partial charge in [-0.15, -0.1) is 0 Å². The van der Waals surface area contributed by atoms with Crippen LogP contribution in [0.4, 0.5) is 0 Å². The zero-order valence-electron chi connectivity index (χ0n) is 12.7. The predicted octanol–water partition coefficient (Wildman–Crippen LogP) is 3.05. The largest absolute Gasteiger partial charge is 0.354 e. The summed E-state index contributed by atoms with van der Waals surface area (Å²) in [5, 5.41) is 3.09. The summed E-state index contributed by atoms with van der Waals surface area (Å²) in [6, 6.07) is 9.03. The van der Waals surface area contributed by atoms with Crippen LogP contribution in [0.2, 0.25) is 0 Å². The van der Waals surface area contributed by atoms with Gasteiger partial charge in [0.1, 0.15) is 0 Å². The van der Waals surface area contributed by atoms with E-state index in [0.29, 0.717) is 12.5 Å². The summed E-state index contributed by atoms with van der Waals surface area (Å²) >= 11 is 0. The van der Waals surface area contributed by atoms with Crippen molar-refractivity contribution in [1.29, 1.82) is 0 Å². The van der Waals surface area contributed by atoms with Gasteiger partial charge in [0, 0.05) is 13.0 Å². The lowest BCUT2D eigenvalue weighted by molar-refractivity contribution is -0.121. The molecule has 0 spiro atoms. The quantitative estimate of drug-likeness (QED) is 0.864. The van der Waals surface area contributed by atoms with E-state index in [4.69, 9.17) is 0 Å². The molecular formula is C17H26N2O. The predicted molar refractivity (Wildman–Crippen MR) is 82.6 cm³/mol. The maximum atomic E-state index is 11.7. The van der Waals surface area contributed by atoms with Crippen LogP contribution >= 0.6 is 0 Å². The van der Waals surface area contributed by atoms with Gasteiger partial charge in [0.15, 0.2) is 0 Å². The molecule has 3 heteroatoms. The van der Waals surface area contributed by atoms with Crippen LogP contribution in [0.5, 0.6) is 0 Å². The number of hydrogen-bond acceptors (Lipinski definition) is 2. The number of aryl methyl sites for hydroxylation is 1. The zero-order valence-corrected chi connectivity index (χ0v) is 12.7. The number of benzene rings is 1. The van der Waals surface area contributed by atoms with E-state index in [9.17, 15) is 4.79 Å². The molecule has 0 aromatic heterocycles. The molecular weight excluding hydrogens is 248 g/mol. The highest BCUT2D eigenvalue weighted by Gasteiger charge is 2.23. The fraction of sp³-hybridized carbons (Fsp3) is 0.588. The van der Waals surface area contributed by atoms with Crippen LogP contribution in [-0.2, 0) is 4.79 Å². The third-order valence-electron chi connectivity index (χ3n) is 4.01. The van der Waals surface area contributed by atoms with Crippen LogP contribution in [0.25, 0.3) is 0 Å². The van der Waals surface area contributed by atoms with Gasteiger partial charge in [-0.1, -0.05) is 36.8 Å². The molecule has 110 valence electrons. The fourth-order valence-electron chi connectivity index (χ4n) is 2.83. The Balaban J connectivity index is 2.04. The van der Waals surface area contributed by atoms with Gasteiger partial charge in [-0.3, -0.25) is 9.69 Å². The molecule has 1 saturated heterocycles. The van der Waals surface area contributed by atoms with Crippen molar-refractivity contribution < 1.29 is 4.79 Å². The molecule has 0 radical (unpaired) electrons. The minimum atomic E-state index is 0.170. The normalized spacial score (nSPS) is 17.1. The zero-order chi connectivity index (χ0) is 14.4. The van der Waals surface area contributed by atoms with Gasteiger partial charge in [0.25, 0.3) is 0 Å². The second-order valence-corrected chi connectivity index (χ2v) is 5.72. The lowest BCUT2D eigenvalue weighted by atomic mass is 10.0. The SMILES string of the molecule is CCCC(=O)NC[C@@H](c1ccc(C)cc1)N1CCCC1. The molecule has 3 nitrogen and oxygen atoms in total. The summed E-state index contributed by atoms with van der Waals surface area (Å²) in [7, 11) is 0. The summed E-state index contributed by atoms with van der Waals surface area (Å²) in [4.78, 5) is 14.2. The molecule has 1 aliphatic heterocycles. The summed E-state index contributed by atoms with van der Waals surface area (Å²) < 4.78 is 0. The first kappa shape index (κ1) is 15.0. The first-order valence-electron chi connectivity index (χ1n) is 7.78. The van der Waals surface area contributed by atoms with Crippen molar-refractivity contribution >= 4 is 5.91 Å². The van der Waals surface area contributed by atoms with Crippen molar-refractivity contribution in [2.45, 2.75) is 45.6 Å². The summed E-state index contributed by atoms with van der Waals surface area (Å²) in [5.74, 6) is 0.170. The topological polar surface area (TPSA) is 32.3 Å². The Hall–Kier alpha value is -1.35. The van der Waals surface area contributed by atoms with Crippen molar-refractivity contribution in [3.63, 3.8) is 0 Å². The van der Waals surface area contributed by atoms with Gasteiger partial charge in [-0.2, -0.15) is 0 Å². The van der Waals surface area contributed by atoms with Crippen LogP contribution in [0, 0.1) is 6.92 Å². The lowest BCUT2D eigenvalue weighted by Gasteiger charge is -2.28. The van der Waals surface area contributed by atoms with Gasteiger partial charge in [-0.25, -0.2) is 0 Å². The number of nitrogens with zero attached hydrogens (tertiary/aromatic N) is 1. The van der Waals surface area contributed by atoms with Gasteiger partial charge in [-0.05, 0) is 44.8 Å². The Morgan fingerprint density at radius 3 is 2.50 bits per heavy atom. The maximum Gasteiger partial charge on any atom is 0.220 e. The van der Waals surface area contributed by atoms with Crippen molar-refractivity contribution in [1.82, 2.24) is 10.2 Å². The Bertz CT molecular complexity index is 421. The molecule has 0 aliphatic carbocycles. The molecule has 1 fully saturated rings. The first-order chi connectivity index (χ1) is 9.70. The Kier molecular flexibility index (Phi) is 5.60. The number of rotatable bonds is 6. The fourth-order valence-corrected chi connectivity index (χ4v) is 2.83. The second kappa shape index (κ2) is 7.44. The van der Waals surface area contributed by atoms with Crippen LogP contribution < -0.4 is 5.32 Å². The highest BCUT2D eigenvalue weighted by atomic mass is 16.1. The molecule has 0 unspecified atom stereocenters. The molecule has 1 aliphatic rings. The molecule has 1 aromatic carbocycles. The van der Waals surface area contributed by atoms with Crippen molar-refractivity contribution in [2.75, 3.05) is 19.6 Å². The summed E-state index contributed by atoms with van der Waals surface area (Å²) in [6.07, 6.45) is 4.07. The first-order valence-corrected chi connectivity index (χ1v) is 7.78. The lowest BCUT2D eigenvalue weighted by Crippen LogP contribution is -2.36. The number of hydrogen-bond donors (Lipinski definition) is 1.